The lowest BCUT2D eigenvalue weighted by molar-refractivity contribution is 0.343. The third kappa shape index (κ3) is 4.08. The Labute approximate surface area is 133 Å². The van der Waals surface area contributed by atoms with Gasteiger partial charge in [-0.3, -0.25) is 4.98 Å². The van der Waals surface area contributed by atoms with Crippen LogP contribution in [0.15, 0.2) is 42.7 Å². The van der Waals surface area contributed by atoms with Crippen molar-refractivity contribution in [1.82, 2.24) is 9.88 Å². The van der Waals surface area contributed by atoms with Crippen molar-refractivity contribution in [1.29, 1.82) is 0 Å². The Kier molecular flexibility index (Phi) is 5.07. The Balaban J connectivity index is 1.47. The van der Waals surface area contributed by atoms with Crippen LogP contribution in [0.3, 0.4) is 0 Å². The van der Waals surface area contributed by atoms with Gasteiger partial charge >= 0.3 is 0 Å². The molecule has 0 radical (unpaired) electrons. The first-order chi connectivity index (χ1) is 10.8. The van der Waals surface area contributed by atoms with Crippen molar-refractivity contribution in [3.8, 4) is 0 Å². The van der Waals surface area contributed by atoms with Gasteiger partial charge in [0.05, 0.1) is 0 Å². The highest BCUT2D eigenvalue weighted by Crippen LogP contribution is 2.23. The Morgan fingerprint density at radius 2 is 1.82 bits per heavy atom. The summed E-state index contributed by atoms with van der Waals surface area (Å²) in [6.07, 6.45) is 8.43. The van der Waals surface area contributed by atoms with Gasteiger partial charge in [-0.05, 0) is 67.6 Å². The third-order valence-corrected chi connectivity index (χ3v) is 4.42. The van der Waals surface area contributed by atoms with E-state index in [2.05, 4.69) is 52.6 Å². The summed E-state index contributed by atoms with van der Waals surface area (Å²) in [5, 5.41) is 3.48. The van der Waals surface area contributed by atoms with Crippen molar-refractivity contribution >= 4 is 5.69 Å². The molecule has 1 aromatic carbocycles. The molecule has 0 spiro atoms. The first-order valence-electron chi connectivity index (χ1n) is 8.24. The number of aromatic nitrogens is 1. The average molecular weight is 295 g/mol. The molecular formula is C19H25N3. The van der Waals surface area contributed by atoms with Crippen LogP contribution in [0.2, 0.25) is 0 Å². The summed E-state index contributed by atoms with van der Waals surface area (Å²) in [5.74, 6) is 0. The predicted octanol–water partition coefficient (Wildman–Crippen LogP) is 3.16. The van der Waals surface area contributed by atoms with Gasteiger partial charge in [0.2, 0.25) is 0 Å². The monoisotopic (exact) mass is 295 g/mol. The van der Waals surface area contributed by atoms with Gasteiger partial charge in [0.25, 0.3) is 0 Å². The van der Waals surface area contributed by atoms with E-state index in [1.807, 2.05) is 12.4 Å². The molecule has 0 saturated heterocycles. The standard InChI is InChI=1S/C19H25N3/c1-22(13-8-16-6-11-20-12-7-16)14-9-17-4-5-19-18(15-17)3-2-10-21-19/h4-7,11-12,15,21H,2-3,8-10,13-14H2,1H3. The molecule has 22 heavy (non-hydrogen) atoms. The molecule has 3 nitrogen and oxygen atoms in total. The number of anilines is 1. The van der Waals surface area contributed by atoms with Gasteiger partial charge in [0.15, 0.2) is 0 Å². The molecule has 0 aliphatic carbocycles. The number of benzene rings is 1. The fourth-order valence-corrected chi connectivity index (χ4v) is 2.98. The normalized spacial score (nSPS) is 13.7. The van der Waals surface area contributed by atoms with E-state index in [0.29, 0.717) is 0 Å². The topological polar surface area (TPSA) is 28.2 Å². The lowest BCUT2D eigenvalue weighted by atomic mass is 9.99. The number of aryl methyl sites for hydroxylation is 1. The number of nitrogens with zero attached hydrogens (tertiary/aromatic N) is 2. The molecule has 1 aromatic heterocycles. The molecule has 3 rings (SSSR count). The molecule has 0 unspecified atom stereocenters. The lowest BCUT2D eigenvalue weighted by Crippen LogP contribution is -2.24. The van der Waals surface area contributed by atoms with Gasteiger partial charge in [-0.25, -0.2) is 0 Å². The highest BCUT2D eigenvalue weighted by molar-refractivity contribution is 5.54. The van der Waals surface area contributed by atoms with E-state index >= 15 is 0 Å². The van der Waals surface area contributed by atoms with E-state index in [1.165, 1.54) is 35.2 Å². The smallest absolute Gasteiger partial charge is 0.0372 e. The molecule has 3 heteroatoms. The maximum absolute atomic E-state index is 4.06. The zero-order valence-electron chi connectivity index (χ0n) is 13.4. The van der Waals surface area contributed by atoms with E-state index in [0.717, 1.165) is 32.5 Å². The van der Waals surface area contributed by atoms with Gasteiger partial charge in [0.1, 0.15) is 0 Å². The van der Waals surface area contributed by atoms with Gasteiger partial charge in [-0.1, -0.05) is 12.1 Å². The zero-order chi connectivity index (χ0) is 15.2. The van der Waals surface area contributed by atoms with E-state index in [-0.39, 0.29) is 0 Å². The van der Waals surface area contributed by atoms with Crippen LogP contribution in [0.5, 0.6) is 0 Å². The first kappa shape index (κ1) is 15.0. The Bertz CT molecular complexity index is 595. The fourth-order valence-electron chi connectivity index (χ4n) is 2.98. The fraction of sp³-hybridized carbons (Fsp3) is 0.421. The van der Waals surface area contributed by atoms with Crippen LogP contribution in [0, 0.1) is 0 Å². The third-order valence-electron chi connectivity index (χ3n) is 4.42. The second-order valence-corrected chi connectivity index (χ2v) is 6.18. The van der Waals surface area contributed by atoms with E-state index in [9.17, 15) is 0 Å². The number of hydrogen-bond acceptors (Lipinski definition) is 3. The molecule has 2 aromatic rings. The van der Waals surface area contributed by atoms with Gasteiger partial charge in [0, 0.05) is 37.7 Å². The predicted molar refractivity (Wildman–Crippen MR) is 92.4 cm³/mol. The maximum Gasteiger partial charge on any atom is 0.0372 e. The number of fused-ring (bicyclic) bond motifs is 1. The highest BCUT2D eigenvalue weighted by atomic mass is 15.1. The zero-order valence-corrected chi connectivity index (χ0v) is 13.4. The number of likely N-dealkylation sites (N-methyl/N-ethyl adjacent to an activating group) is 1. The van der Waals surface area contributed by atoms with Gasteiger partial charge in [-0.15, -0.1) is 0 Å². The van der Waals surface area contributed by atoms with E-state index in [1.54, 1.807) is 0 Å². The molecular weight excluding hydrogens is 270 g/mol. The minimum atomic E-state index is 1.09. The summed E-state index contributed by atoms with van der Waals surface area (Å²) in [7, 11) is 2.21. The second-order valence-electron chi connectivity index (χ2n) is 6.18. The molecule has 0 bridgehead atoms. The van der Waals surface area contributed by atoms with Crippen LogP contribution in [-0.4, -0.2) is 36.6 Å². The number of pyridine rings is 1. The largest absolute Gasteiger partial charge is 0.385 e. The van der Waals surface area contributed by atoms with Gasteiger partial charge < -0.3 is 10.2 Å². The molecule has 1 N–H and O–H groups in total. The van der Waals surface area contributed by atoms with Crippen LogP contribution >= 0.6 is 0 Å². The Morgan fingerprint density at radius 1 is 1.05 bits per heavy atom. The number of hydrogen-bond donors (Lipinski definition) is 1. The van der Waals surface area contributed by atoms with Crippen LogP contribution in [0.25, 0.3) is 0 Å². The average Bonchev–Trinajstić information content (AvgIpc) is 2.59. The first-order valence-corrected chi connectivity index (χ1v) is 8.24. The lowest BCUT2D eigenvalue weighted by Gasteiger charge is -2.20. The van der Waals surface area contributed by atoms with Crippen molar-refractivity contribution < 1.29 is 0 Å². The molecule has 2 heterocycles. The molecule has 116 valence electrons. The molecule has 0 amide bonds. The minimum absolute atomic E-state index is 1.09. The summed E-state index contributed by atoms with van der Waals surface area (Å²) in [6.45, 7) is 3.32. The van der Waals surface area contributed by atoms with Crippen LogP contribution in [-0.2, 0) is 19.3 Å². The Morgan fingerprint density at radius 3 is 2.64 bits per heavy atom. The molecule has 0 saturated carbocycles. The summed E-state index contributed by atoms with van der Waals surface area (Å²) in [6, 6.07) is 11.1. The molecule has 0 fully saturated rings. The van der Waals surface area contributed by atoms with Crippen molar-refractivity contribution in [3.05, 3.63) is 59.4 Å². The van der Waals surface area contributed by atoms with Crippen LogP contribution in [0.1, 0.15) is 23.1 Å². The summed E-state index contributed by atoms with van der Waals surface area (Å²) in [4.78, 5) is 6.48. The quantitative estimate of drug-likeness (QED) is 0.887. The number of rotatable bonds is 6. The van der Waals surface area contributed by atoms with Crippen molar-refractivity contribution in [2.24, 2.45) is 0 Å². The number of nitrogens with one attached hydrogen (secondary N) is 1. The summed E-state index contributed by atoms with van der Waals surface area (Å²) < 4.78 is 0. The van der Waals surface area contributed by atoms with Crippen LogP contribution < -0.4 is 5.32 Å². The molecule has 1 aliphatic heterocycles. The van der Waals surface area contributed by atoms with Crippen molar-refractivity contribution in [2.45, 2.75) is 25.7 Å². The maximum atomic E-state index is 4.06. The van der Waals surface area contributed by atoms with E-state index < -0.39 is 0 Å². The molecule has 0 atom stereocenters. The van der Waals surface area contributed by atoms with Crippen LogP contribution in [0.4, 0.5) is 5.69 Å². The van der Waals surface area contributed by atoms with E-state index in [4.69, 9.17) is 0 Å². The summed E-state index contributed by atoms with van der Waals surface area (Å²) >= 11 is 0. The Hall–Kier alpha value is -1.87. The van der Waals surface area contributed by atoms with Crippen molar-refractivity contribution in [2.75, 3.05) is 32.0 Å². The molecule has 1 aliphatic rings. The summed E-state index contributed by atoms with van der Waals surface area (Å²) in [5.41, 5.74) is 5.64. The van der Waals surface area contributed by atoms with Crippen molar-refractivity contribution in [3.63, 3.8) is 0 Å². The minimum Gasteiger partial charge on any atom is -0.385 e. The SMILES string of the molecule is CN(CCc1ccncc1)CCc1ccc2c(c1)CCCN2. The highest BCUT2D eigenvalue weighted by Gasteiger charge is 2.09. The van der Waals surface area contributed by atoms with Gasteiger partial charge in [-0.2, -0.15) is 0 Å². The second kappa shape index (κ2) is 7.41.